The molecule has 5 heteroatoms. The Hall–Kier alpha value is 0.110. The van der Waals surface area contributed by atoms with Crippen LogP contribution in [0.15, 0.2) is 0 Å². The van der Waals surface area contributed by atoms with E-state index >= 15 is 0 Å². The van der Waals surface area contributed by atoms with Crippen molar-refractivity contribution in [3.8, 4) is 0 Å². The van der Waals surface area contributed by atoms with Crippen molar-refractivity contribution in [3.05, 3.63) is 0 Å². The van der Waals surface area contributed by atoms with Gasteiger partial charge in [-0.25, -0.2) is 0 Å². The van der Waals surface area contributed by atoms with E-state index in [1.54, 1.807) is 0 Å². The van der Waals surface area contributed by atoms with E-state index in [-0.39, 0.29) is 5.41 Å². The molecule has 0 radical (unpaired) electrons. The third-order valence-corrected chi connectivity index (χ3v) is 5.98. The highest BCUT2D eigenvalue weighted by Crippen LogP contribution is 2.64. The molecule has 0 bridgehead atoms. The highest BCUT2D eigenvalue weighted by atomic mass is 31.2. The summed E-state index contributed by atoms with van der Waals surface area (Å²) in [6, 6.07) is 0.387. The van der Waals surface area contributed by atoms with Gasteiger partial charge < -0.3 is 9.05 Å². The van der Waals surface area contributed by atoms with Crippen molar-refractivity contribution in [3.63, 3.8) is 0 Å². The minimum atomic E-state index is -3.00. The molecule has 94 valence electrons. The lowest BCUT2D eigenvalue weighted by molar-refractivity contribution is 0.0313. The lowest BCUT2D eigenvalue weighted by Crippen LogP contribution is -2.43. The molecule has 0 amide bonds. The molecule has 2 aliphatic rings. The molecule has 2 atom stereocenters. The Morgan fingerprint density at radius 2 is 1.81 bits per heavy atom. The second-order valence-electron chi connectivity index (χ2n) is 6.07. The first-order valence-electron chi connectivity index (χ1n) is 5.93. The van der Waals surface area contributed by atoms with Crippen LogP contribution in [0, 0.1) is 5.41 Å². The van der Waals surface area contributed by atoms with E-state index in [1.165, 1.54) is 0 Å². The fourth-order valence-corrected chi connectivity index (χ4v) is 4.74. The third-order valence-electron chi connectivity index (χ3n) is 3.48. The normalized spacial score (nSPS) is 42.1. The molecule has 16 heavy (non-hydrogen) atoms. The Balaban J connectivity index is 2.12. The third kappa shape index (κ3) is 2.08. The molecule has 2 saturated heterocycles. The fourth-order valence-electron chi connectivity index (χ4n) is 2.27. The average molecular weight is 247 g/mol. The molecule has 0 saturated carbocycles. The first kappa shape index (κ1) is 12.6. The molecule has 0 aromatic carbocycles. The Labute approximate surface area is 97.6 Å². The maximum absolute atomic E-state index is 12.7. The van der Waals surface area contributed by atoms with Crippen molar-refractivity contribution >= 4 is 7.60 Å². The van der Waals surface area contributed by atoms with Crippen LogP contribution >= 0.6 is 7.60 Å². The van der Waals surface area contributed by atoms with E-state index in [0.717, 1.165) is 12.8 Å². The van der Waals surface area contributed by atoms with Crippen molar-refractivity contribution in [1.82, 2.24) is 5.32 Å². The Morgan fingerprint density at radius 1 is 1.25 bits per heavy atom. The van der Waals surface area contributed by atoms with E-state index in [2.05, 4.69) is 26.1 Å². The summed E-state index contributed by atoms with van der Waals surface area (Å²) >= 11 is 0. The smallest absolute Gasteiger partial charge is 0.307 e. The van der Waals surface area contributed by atoms with Crippen LogP contribution in [0.3, 0.4) is 0 Å². The molecule has 0 aliphatic carbocycles. The zero-order valence-electron chi connectivity index (χ0n) is 10.6. The van der Waals surface area contributed by atoms with Crippen molar-refractivity contribution in [2.24, 2.45) is 5.41 Å². The minimum Gasteiger partial charge on any atom is -0.307 e. The van der Waals surface area contributed by atoms with Gasteiger partial charge in [0.25, 0.3) is 0 Å². The van der Waals surface area contributed by atoms with Crippen LogP contribution in [0.2, 0.25) is 0 Å². The lowest BCUT2D eigenvalue weighted by Gasteiger charge is -2.41. The van der Waals surface area contributed by atoms with E-state index in [9.17, 15) is 4.57 Å². The van der Waals surface area contributed by atoms with Crippen molar-refractivity contribution < 1.29 is 13.6 Å². The van der Waals surface area contributed by atoms with Gasteiger partial charge in [0.15, 0.2) is 0 Å². The average Bonchev–Trinajstić information content (AvgIpc) is 2.54. The monoisotopic (exact) mass is 247 g/mol. The second kappa shape index (κ2) is 3.81. The molecule has 2 heterocycles. The Morgan fingerprint density at radius 3 is 2.25 bits per heavy atom. The Kier molecular flexibility index (Phi) is 2.99. The lowest BCUT2D eigenvalue weighted by atomic mass is 9.97. The molecule has 2 fully saturated rings. The van der Waals surface area contributed by atoms with Crippen LogP contribution in [0.25, 0.3) is 0 Å². The predicted octanol–water partition coefficient (Wildman–Crippen LogP) is 2.74. The predicted molar refractivity (Wildman–Crippen MR) is 63.5 cm³/mol. The van der Waals surface area contributed by atoms with Gasteiger partial charge in [0, 0.05) is 11.5 Å². The highest BCUT2D eigenvalue weighted by Gasteiger charge is 2.53. The fraction of sp³-hybridized carbons (Fsp3) is 1.00. The summed E-state index contributed by atoms with van der Waals surface area (Å²) in [6.07, 6.45) is 1.88. The van der Waals surface area contributed by atoms with Crippen LogP contribution in [0.1, 0.15) is 40.5 Å². The summed E-state index contributed by atoms with van der Waals surface area (Å²) in [6.45, 7) is 9.19. The summed E-state index contributed by atoms with van der Waals surface area (Å²) < 4.78 is 23.9. The molecule has 0 aromatic heterocycles. The summed E-state index contributed by atoms with van der Waals surface area (Å²) in [5.41, 5.74) is -0.0332. The van der Waals surface area contributed by atoms with Gasteiger partial charge in [-0.2, -0.15) is 0 Å². The summed E-state index contributed by atoms with van der Waals surface area (Å²) in [4.78, 5) is 0. The maximum Gasteiger partial charge on any atom is 0.350 e. The van der Waals surface area contributed by atoms with Gasteiger partial charge in [-0.3, -0.25) is 9.88 Å². The van der Waals surface area contributed by atoms with Crippen molar-refractivity contribution in [2.45, 2.75) is 51.9 Å². The SMILES string of the molecule is CC1CCC(C)(P2(=O)OCC(C)(C)CO2)N1. The zero-order chi connectivity index (χ0) is 12.0. The number of nitrogens with one attached hydrogen (secondary N) is 1. The van der Waals surface area contributed by atoms with Crippen LogP contribution in [0.4, 0.5) is 0 Å². The van der Waals surface area contributed by atoms with Gasteiger partial charge in [0.1, 0.15) is 5.28 Å². The summed E-state index contributed by atoms with van der Waals surface area (Å²) in [5, 5.41) is 2.86. The van der Waals surface area contributed by atoms with Gasteiger partial charge >= 0.3 is 7.60 Å². The van der Waals surface area contributed by atoms with Crippen LogP contribution in [-0.4, -0.2) is 24.5 Å². The first-order valence-corrected chi connectivity index (χ1v) is 7.48. The van der Waals surface area contributed by atoms with E-state index in [4.69, 9.17) is 9.05 Å². The molecular formula is C11H22NO3P. The Bertz CT molecular complexity index is 317. The van der Waals surface area contributed by atoms with Gasteiger partial charge in [-0.1, -0.05) is 13.8 Å². The van der Waals surface area contributed by atoms with Gasteiger partial charge in [-0.15, -0.1) is 0 Å². The first-order chi connectivity index (χ1) is 7.27. The second-order valence-corrected chi connectivity index (χ2v) is 8.56. The molecule has 1 N–H and O–H groups in total. The van der Waals surface area contributed by atoms with Crippen molar-refractivity contribution in [1.29, 1.82) is 0 Å². The maximum atomic E-state index is 12.7. The number of hydrogen-bond acceptors (Lipinski definition) is 4. The quantitative estimate of drug-likeness (QED) is 0.724. The minimum absolute atomic E-state index is 0.0332. The van der Waals surface area contributed by atoms with E-state index in [0.29, 0.717) is 19.3 Å². The van der Waals surface area contributed by atoms with E-state index in [1.807, 2.05) is 6.92 Å². The van der Waals surface area contributed by atoms with Gasteiger partial charge in [0.05, 0.1) is 13.2 Å². The molecule has 0 aromatic rings. The number of hydrogen-bond donors (Lipinski definition) is 1. The largest absolute Gasteiger partial charge is 0.350 e. The van der Waals surface area contributed by atoms with Gasteiger partial charge in [-0.05, 0) is 26.7 Å². The van der Waals surface area contributed by atoms with Crippen LogP contribution in [-0.2, 0) is 13.6 Å². The molecule has 4 nitrogen and oxygen atoms in total. The van der Waals surface area contributed by atoms with E-state index < -0.39 is 12.9 Å². The molecule has 2 aliphatic heterocycles. The van der Waals surface area contributed by atoms with Gasteiger partial charge in [0.2, 0.25) is 0 Å². The highest BCUT2D eigenvalue weighted by molar-refractivity contribution is 7.55. The van der Waals surface area contributed by atoms with Crippen LogP contribution < -0.4 is 5.32 Å². The molecular weight excluding hydrogens is 225 g/mol. The summed E-state index contributed by atoms with van der Waals surface area (Å²) in [7, 11) is -3.00. The summed E-state index contributed by atoms with van der Waals surface area (Å²) in [5.74, 6) is 0. The van der Waals surface area contributed by atoms with Crippen molar-refractivity contribution in [2.75, 3.05) is 13.2 Å². The molecule has 2 unspecified atom stereocenters. The zero-order valence-corrected chi connectivity index (χ0v) is 11.5. The molecule has 0 spiro atoms. The standard InChI is InChI=1S/C11H22NO3P/c1-9-5-6-11(4,12-9)16(13)14-7-10(2,3)8-15-16/h9,12H,5-8H2,1-4H3. The van der Waals surface area contributed by atoms with Crippen LogP contribution in [0.5, 0.6) is 0 Å². The molecule has 2 rings (SSSR count). The topological polar surface area (TPSA) is 47.6 Å². The number of rotatable bonds is 1.